The van der Waals surface area contributed by atoms with E-state index in [0.717, 1.165) is 0 Å². The van der Waals surface area contributed by atoms with E-state index in [1.807, 2.05) is 13.8 Å². The van der Waals surface area contributed by atoms with Crippen molar-refractivity contribution in [3.63, 3.8) is 0 Å². The van der Waals surface area contributed by atoms with Gasteiger partial charge in [0.15, 0.2) is 11.5 Å². The van der Waals surface area contributed by atoms with Crippen molar-refractivity contribution in [2.75, 3.05) is 18.7 Å². The minimum atomic E-state index is -1.10. The molecule has 10 heteroatoms. The van der Waals surface area contributed by atoms with Gasteiger partial charge >= 0.3 is 5.97 Å². The Morgan fingerprint density at radius 1 is 1.03 bits per heavy atom. The van der Waals surface area contributed by atoms with E-state index in [1.165, 1.54) is 6.08 Å². The maximum atomic E-state index is 13.0. The molecular weight excluding hydrogens is 490 g/mol. The van der Waals surface area contributed by atoms with Gasteiger partial charge in [0.05, 0.1) is 12.3 Å². The molecule has 0 aliphatic carbocycles. The van der Waals surface area contributed by atoms with E-state index >= 15 is 0 Å². The van der Waals surface area contributed by atoms with E-state index in [1.54, 1.807) is 42.5 Å². The molecule has 202 valence electrons. The summed E-state index contributed by atoms with van der Waals surface area (Å²) in [6.45, 7) is 7.30. The molecular formula is C28H33N3O7. The Hall–Kier alpha value is -4.34. The number of anilines is 1. The number of ether oxygens (including phenoxy) is 2. The molecule has 3 rings (SSSR count). The number of benzene rings is 2. The molecule has 2 aromatic carbocycles. The second-order valence-corrected chi connectivity index (χ2v) is 9.41. The third-order valence-corrected chi connectivity index (χ3v) is 5.87. The Kier molecular flexibility index (Phi) is 9.86. The Morgan fingerprint density at radius 3 is 2.39 bits per heavy atom. The minimum absolute atomic E-state index is 0.0394. The lowest BCUT2D eigenvalue weighted by Gasteiger charge is -2.22. The first-order chi connectivity index (χ1) is 18.2. The highest BCUT2D eigenvalue weighted by Gasteiger charge is 2.27. The number of carboxylic acid groups (broad SMARTS) is 1. The Balaban J connectivity index is 1.59. The number of carboxylic acids is 1. The first kappa shape index (κ1) is 28.2. The standard InChI is InChI=1S/C28H33N3O7/c1-4-5-25(32)30-20-9-6-18(7-10-20)13-26(33)31-22(12-17(2)3)27(34)29-15-21(28(35)36)19-8-11-23-24(14-19)38-16-37-23/h4,6-11,14,17,21-22H,1,5,12-13,15-16H2,2-3H3,(H,29,34)(H,30,32)(H,31,33)(H,35,36)/t21?,22-/m0/s1. The summed E-state index contributed by atoms with van der Waals surface area (Å²) in [5.74, 6) is -2.00. The van der Waals surface area contributed by atoms with Crippen molar-refractivity contribution in [3.8, 4) is 11.5 Å². The topological polar surface area (TPSA) is 143 Å². The van der Waals surface area contributed by atoms with Gasteiger partial charge in [0.25, 0.3) is 0 Å². The molecule has 1 heterocycles. The normalized spacial score (nSPS) is 13.3. The lowest BCUT2D eigenvalue weighted by atomic mass is 9.98. The molecule has 2 aromatic rings. The molecule has 0 saturated heterocycles. The third kappa shape index (κ3) is 8.09. The van der Waals surface area contributed by atoms with Crippen LogP contribution in [0.1, 0.15) is 43.7 Å². The average Bonchev–Trinajstić information content (AvgIpc) is 3.32. The lowest BCUT2D eigenvalue weighted by Crippen LogP contribution is -2.49. The van der Waals surface area contributed by atoms with Crippen LogP contribution in [0, 0.1) is 5.92 Å². The monoisotopic (exact) mass is 523 g/mol. The zero-order valence-electron chi connectivity index (χ0n) is 21.5. The number of carbonyl (C=O) groups excluding carboxylic acids is 3. The SMILES string of the molecule is C=CCC(=O)Nc1ccc(CC(=O)N[C@@H](CC(C)C)C(=O)NCC(C(=O)O)c2ccc3c(c2)OCO3)cc1. The zero-order chi connectivity index (χ0) is 27.7. The van der Waals surface area contributed by atoms with Crippen LogP contribution < -0.4 is 25.4 Å². The molecule has 2 atom stereocenters. The number of nitrogens with one attached hydrogen (secondary N) is 3. The van der Waals surface area contributed by atoms with Gasteiger partial charge in [-0.2, -0.15) is 0 Å². The predicted molar refractivity (Wildman–Crippen MR) is 141 cm³/mol. The first-order valence-electron chi connectivity index (χ1n) is 12.3. The van der Waals surface area contributed by atoms with Crippen molar-refractivity contribution in [1.29, 1.82) is 0 Å². The summed E-state index contributed by atoms with van der Waals surface area (Å²) in [5, 5.41) is 17.9. The molecule has 38 heavy (non-hydrogen) atoms. The van der Waals surface area contributed by atoms with Crippen molar-refractivity contribution >= 4 is 29.4 Å². The number of aliphatic carboxylic acids is 1. The maximum Gasteiger partial charge on any atom is 0.312 e. The molecule has 1 aliphatic heterocycles. The molecule has 0 spiro atoms. The largest absolute Gasteiger partial charge is 0.481 e. The van der Waals surface area contributed by atoms with Crippen LogP contribution in [0.4, 0.5) is 5.69 Å². The van der Waals surface area contributed by atoms with Gasteiger partial charge in [0, 0.05) is 18.7 Å². The van der Waals surface area contributed by atoms with Gasteiger partial charge in [-0.15, -0.1) is 6.58 Å². The molecule has 4 N–H and O–H groups in total. The Labute approximate surface area is 221 Å². The van der Waals surface area contributed by atoms with Gasteiger partial charge in [0.1, 0.15) is 6.04 Å². The molecule has 3 amide bonds. The number of hydrogen-bond acceptors (Lipinski definition) is 6. The van der Waals surface area contributed by atoms with Crippen LogP contribution in [0.2, 0.25) is 0 Å². The van der Waals surface area contributed by atoms with Crippen LogP contribution in [0.3, 0.4) is 0 Å². The fourth-order valence-electron chi connectivity index (χ4n) is 3.99. The number of fused-ring (bicyclic) bond motifs is 1. The Bertz CT molecular complexity index is 1180. The highest BCUT2D eigenvalue weighted by molar-refractivity contribution is 5.92. The van der Waals surface area contributed by atoms with E-state index in [-0.39, 0.29) is 43.9 Å². The maximum absolute atomic E-state index is 13.0. The number of carbonyl (C=O) groups is 4. The molecule has 0 bridgehead atoms. The van der Waals surface area contributed by atoms with Crippen LogP contribution in [0.5, 0.6) is 11.5 Å². The van der Waals surface area contributed by atoms with Crippen molar-refractivity contribution < 1.29 is 33.8 Å². The second-order valence-electron chi connectivity index (χ2n) is 9.41. The molecule has 1 aliphatic rings. The highest BCUT2D eigenvalue weighted by Crippen LogP contribution is 2.34. The van der Waals surface area contributed by atoms with Gasteiger partial charge in [-0.25, -0.2) is 0 Å². The summed E-state index contributed by atoms with van der Waals surface area (Å²) in [5.41, 5.74) is 1.78. The zero-order valence-corrected chi connectivity index (χ0v) is 21.5. The Morgan fingerprint density at radius 2 is 1.74 bits per heavy atom. The van der Waals surface area contributed by atoms with Crippen molar-refractivity contribution in [3.05, 3.63) is 66.2 Å². The number of rotatable bonds is 13. The second kappa shape index (κ2) is 13.3. The summed E-state index contributed by atoms with van der Waals surface area (Å²) in [6.07, 6.45) is 2.13. The lowest BCUT2D eigenvalue weighted by molar-refractivity contribution is -0.139. The molecule has 10 nitrogen and oxygen atoms in total. The summed E-state index contributed by atoms with van der Waals surface area (Å²) in [4.78, 5) is 49.4. The minimum Gasteiger partial charge on any atom is -0.481 e. The molecule has 0 aromatic heterocycles. The van der Waals surface area contributed by atoms with Crippen LogP contribution in [0.15, 0.2) is 55.1 Å². The average molecular weight is 524 g/mol. The van der Waals surface area contributed by atoms with Crippen molar-refractivity contribution in [2.24, 2.45) is 5.92 Å². The van der Waals surface area contributed by atoms with Crippen LogP contribution >= 0.6 is 0 Å². The van der Waals surface area contributed by atoms with Gasteiger partial charge in [-0.05, 0) is 47.7 Å². The van der Waals surface area contributed by atoms with E-state index < -0.39 is 23.8 Å². The van der Waals surface area contributed by atoms with E-state index in [0.29, 0.717) is 34.7 Å². The summed E-state index contributed by atoms with van der Waals surface area (Å²) in [7, 11) is 0. The van der Waals surface area contributed by atoms with Gasteiger partial charge in [0.2, 0.25) is 24.5 Å². The fourth-order valence-corrected chi connectivity index (χ4v) is 3.99. The van der Waals surface area contributed by atoms with E-state index in [9.17, 15) is 24.3 Å². The molecule has 1 unspecified atom stereocenters. The number of hydrogen-bond donors (Lipinski definition) is 4. The van der Waals surface area contributed by atoms with Gasteiger partial charge in [-0.3, -0.25) is 19.2 Å². The first-order valence-corrected chi connectivity index (χ1v) is 12.3. The number of amides is 3. The van der Waals surface area contributed by atoms with E-state index in [4.69, 9.17) is 9.47 Å². The molecule has 0 radical (unpaired) electrons. The van der Waals surface area contributed by atoms with Gasteiger partial charge < -0.3 is 30.5 Å². The fraction of sp³-hybridized carbons (Fsp3) is 0.357. The molecule has 0 saturated carbocycles. The molecule has 0 fully saturated rings. The van der Waals surface area contributed by atoms with Crippen LogP contribution in [0.25, 0.3) is 0 Å². The van der Waals surface area contributed by atoms with Crippen molar-refractivity contribution in [1.82, 2.24) is 10.6 Å². The highest BCUT2D eigenvalue weighted by atomic mass is 16.7. The quantitative estimate of drug-likeness (QED) is 0.296. The van der Waals surface area contributed by atoms with Crippen molar-refractivity contribution in [2.45, 2.75) is 45.1 Å². The smallest absolute Gasteiger partial charge is 0.312 e. The summed E-state index contributed by atoms with van der Waals surface area (Å²) >= 11 is 0. The van der Waals surface area contributed by atoms with Crippen LogP contribution in [-0.4, -0.2) is 48.2 Å². The van der Waals surface area contributed by atoms with Crippen LogP contribution in [-0.2, 0) is 25.6 Å². The van der Waals surface area contributed by atoms with Gasteiger partial charge in [-0.1, -0.05) is 38.1 Å². The predicted octanol–water partition coefficient (Wildman–Crippen LogP) is 2.99. The third-order valence-electron chi connectivity index (χ3n) is 5.87. The summed E-state index contributed by atoms with van der Waals surface area (Å²) in [6, 6.07) is 10.9. The summed E-state index contributed by atoms with van der Waals surface area (Å²) < 4.78 is 10.6. The van der Waals surface area contributed by atoms with E-state index in [2.05, 4.69) is 22.5 Å².